The summed E-state index contributed by atoms with van der Waals surface area (Å²) in [6.07, 6.45) is 13.3. The fourth-order valence-corrected chi connectivity index (χ4v) is 5.45. The van der Waals surface area contributed by atoms with Crippen molar-refractivity contribution in [2.24, 2.45) is 16.6 Å². The maximum Gasteiger partial charge on any atom is 0.323 e. The van der Waals surface area contributed by atoms with Crippen molar-refractivity contribution in [1.29, 1.82) is 0 Å². The second-order valence-corrected chi connectivity index (χ2v) is 11.2. The van der Waals surface area contributed by atoms with Gasteiger partial charge in [-0.15, -0.1) is 0 Å². The summed E-state index contributed by atoms with van der Waals surface area (Å²) in [5, 5.41) is 5.83. The lowest BCUT2D eigenvalue weighted by Gasteiger charge is -2.33. The molecule has 0 spiro atoms. The van der Waals surface area contributed by atoms with Crippen LogP contribution in [0.1, 0.15) is 44.1 Å². The molecule has 4 N–H and O–H groups in total. The molecule has 3 atom stereocenters. The van der Waals surface area contributed by atoms with Gasteiger partial charge in [-0.1, -0.05) is 36.6 Å². The summed E-state index contributed by atoms with van der Waals surface area (Å²) < 4.78 is 20.6. The number of aromatic nitrogens is 1. The third kappa shape index (κ3) is 6.83. The average Bonchev–Trinajstić information content (AvgIpc) is 3.76. The summed E-state index contributed by atoms with van der Waals surface area (Å²) in [6.45, 7) is 0.187. The van der Waals surface area contributed by atoms with Crippen molar-refractivity contribution in [2.75, 3.05) is 24.3 Å². The van der Waals surface area contributed by atoms with E-state index in [2.05, 4.69) is 20.6 Å². The van der Waals surface area contributed by atoms with Gasteiger partial charge >= 0.3 is 6.03 Å². The van der Waals surface area contributed by atoms with Crippen molar-refractivity contribution in [1.82, 2.24) is 9.88 Å². The number of rotatable bonds is 9. The number of halogens is 2. The first-order chi connectivity index (χ1) is 19.8. The van der Waals surface area contributed by atoms with E-state index in [1.165, 1.54) is 37.1 Å². The number of allylic oxidation sites excluding steroid dienone is 2. The molecule has 1 aromatic heterocycles. The van der Waals surface area contributed by atoms with Crippen molar-refractivity contribution in [2.45, 2.75) is 56.2 Å². The zero-order valence-electron chi connectivity index (χ0n) is 22.9. The number of nitrogens with one attached hydrogen (secondary N) is 2. The molecular weight excluding hydrogens is 547 g/mol. The van der Waals surface area contributed by atoms with Gasteiger partial charge in [0.2, 0.25) is 5.91 Å². The molecule has 9 nitrogen and oxygen atoms in total. The summed E-state index contributed by atoms with van der Waals surface area (Å²) in [5.74, 6) is -0.171. The number of amides is 3. The fourth-order valence-electron chi connectivity index (χ4n) is 5.34. The molecule has 1 saturated heterocycles. The van der Waals surface area contributed by atoms with E-state index in [1.807, 2.05) is 12.2 Å². The summed E-state index contributed by atoms with van der Waals surface area (Å²) in [4.78, 5) is 36.3. The summed E-state index contributed by atoms with van der Waals surface area (Å²) in [6, 6.07) is 6.37. The molecule has 3 heterocycles. The number of pyridine rings is 1. The quantitative estimate of drug-likeness (QED) is 0.367. The van der Waals surface area contributed by atoms with Crippen molar-refractivity contribution in [3.63, 3.8) is 0 Å². The van der Waals surface area contributed by atoms with E-state index < -0.39 is 29.3 Å². The number of aliphatic imine (C=N–C) groups is 1. The van der Waals surface area contributed by atoms with E-state index in [0.717, 1.165) is 12.0 Å². The molecule has 0 bridgehead atoms. The Kier molecular flexibility index (Phi) is 8.82. The molecule has 3 aliphatic rings. The van der Waals surface area contributed by atoms with Gasteiger partial charge in [0.1, 0.15) is 17.7 Å². The highest BCUT2D eigenvalue weighted by Crippen LogP contribution is 2.41. The minimum Gasteiger partial charge on any atom is -0.380 e. The van der Waals surface area contributed by atoms with Crippen molar-refractivity contribution in [3.05, 3.63) is 76.9 Å². The third-order valence-electron chi connectivity index (χ3n) is 7.97. The van der Waals surface area contributed by atoms with Gasteiger partial charge in [-0.3, -0.25) is 15.1 Å². The van der Waals surface area contributed by atoms with Gasteiger partial charge in [0.25, 0.3) is 0 Å². The van der Waals surface area contributed by atoms with E-state index in [0.29, 0.717) is 29.3 Å². The van der Waals surface area contributed by atoms with Gasteiger partial charge in [-0.2, -0.15) is 0 Å². The Morgan fingerprint density at radius 2 is 2.07 bits per heavy atom. The van der Waals surface area contributed by atoms with Crippen LogP contribution in [0.2, 0.25) is 5.02 Å². The van der Waals surface area contributed by atoms with Crippen LogP contribution in [0, 0.1) is 11.7 Å². The summed E-state index contributed by atoms with van der Waals surface area (Å²) in [5.41, 5.74) is 7.92. The lowest BCUT2D eigenvalue weighted by atomic mass is 9.77. The predicted octanol–water partition coefficient (Wildman–Crippen LogP) is 5.39. The Morgan fingerprint density at radius 3 is 2.80 bits per heavy atom. The number of nitrogens with two attached hydrogens (primary N) is 1. The Morgan fingerprint density at radius 1 is 1.24 bits per heavy atom. The lowest BCUT2D eigenvalue weighted by molar-refractivity contribution is -0.119. The van der Waals surface area contributed by atoms with Crippen molar-refractivity contribution >= 4 is 41.3 Å². The van der Waals surface area contributed by atoms with Gasteiger partial charge < -0.3 is 20.7 Å². The Balaban J connectivity index is 1.37. The molecule has 1 aliphatic carbocycles. The second-order valence-electron chi connectivity index (χ2n) is 10.8. The number of carbonyl (C=O) groups excluding carboxylic acids is 2. The van der Waals surface area contributed by atoms with Gasteiger partial charge in [-0.25, -0.2) is 14.2 Å². The molecule has 216 valence electrons. The molecular formula is C30H34ClFN6O3. The molecule has 5 rings (SSSR count). The maximum atomic E-state index is 15.1. The highest BCUT2D eigenvalue weighted by molar-refractivity contribution is 6.30. The lowest BCUT2D eigenvalue weighted by Crippen LogP contribution is -2.45. The second kappa shape index (κ2) is 12.5. The Hall–Kier alpha value is -3.60. The summed E-state index contributed by atoms with van der Waals surface area (Å²) in [7, 11) is 1.52. The first kappa shape index (κ1) is 28.9. The number of likely N-dealkylation sites (tertiary alicyclic amines) is 1. The monoisotopic (exact) mass is 580 g/mol. The van der Waals surface area contributed by atoms with Crippen LogP contribution < -0.4 is 16.4 Å². The molecule has 11 heteroatoms. The largest absolute Gasteiger partial charge is 0.380 e. The Bertz CT molecular complexity index is 1380. The fraction of sp³-hybridized carbons (Fsp3) is 0.400. The number of ether oxygens (including phenoxy) is 1. The maximum absolute atomic E-state index is 15.1. The number of carbonyl (C=O) groups is 2. The van der Waals surface area contributed by atoms with Crippen LogP contribution >= 0.6 is 11.6 Å². The average molecular weight is 581 g/mol. The van der Waals surface area contributed by atoms with Crippen LogP contribution in [0.4, 0.5) is 20.7 Å². The number of hydrogen-bond donors (Lipinski definition) is 3. The van der Waals surface area contributed by atoms with Gasteiger partial charge in [0, 0.05) is 38.7 Å². The van der Waals surface area contributed by atoms with Crippen LogP contribution in [0.3, 0.4) is 0 Å². The van der Waals surface area contributed by atoms with E-state index in [1.54, 1.807) is 36.7 Å². The van der Waals surface area contributed by atoms with Crippen LogP contribution in [-0.2, 0) is 15.1 Å². The molecule has 1 unspecified atom stereocenters. The standard InChI is InChI=1S/C30H34ClFN6O3/c1-41-23-16-26(38(18-23)29(40)37-27-9-7-22(31)17-35-27)28(39)36-25-15-21(6-8-24(25)32)30(33,12-10-19-4-5-19)20-3-2-13-34-14-11-20/h2,6-9,11,13-15,17,19,23,26H,3-5,10,12,16,18,33H2,1H3,(H,36,39)(H,35,37,40)/t23-,26-,30?/m1/s1. The van der Waals surface area contributed by atoms with E-state index in [-0.39, 0.29) is 30.6 Å². The minimum absolute atomic E-state index is 0.00720. The molecule has 1 saturated carbocycles. The molecule has 1 aromatic carbocycles. The van der Waals surface area contributed by atoms with Crippen LogP contribution in [0.5, 0.6) is 0 Å². The highest BCUT2D eigenvalue weighted by atomic mass is 35.5. The number of hydrogen-bond acceptors (Lipinski definition) is 6. The van der Waals surface area contributed by atoms with Crippen LogP contribution in [0.15, 0.2) is 65.4 Å². The molecule has 41 heavy (non-hydrogen) atoms. The first-order valence-electron chi connectivity index (χ1n) is 13.8. The first-order valence-corrected chi connectivity index (χ1v) is 14.1. The SMILES string of the molecule is CO[C@@H]1C[C@H](C(=O)Nc2cc(C(N)(CCC3CC3)C3=CC=NC=CC3)ccc2F)N(C(=O)Nc2ccc(Cl)cn2)C1. The van der Waals surface area contributed by atoms with Crippen LogP contribution in [-0.4, -0.2) is 53.8 Å². The zero-order chi connectivity index (χ0) is 29.0. The smallest absolute Gasteiger partial charge is 0.323 e. The normalized spacial score (nSPS) is 21.7. The van der Waals surface area contributed by atoms with E-state index in [4.69, 9.17) is 22.1 Å². The number of nitrogens with zero attached hydrogens (tertiary/aromatic N) is 3. The van der Waals surface area contributed by atoms with Gasteiger partial charge in [-0.05, 0) is 66.7 Å². The third-order valence-corrected chi connectivity index (χ3v) is 8.19. The molecule has 0 radical (unpaired) electrons. The molecule has 2 aromatic rings. The van der Waals surface area contributed by atoms with Gasteiger partial charge in [0.15, 0.2) is 0 Å². The predicted molar refractivity (Wildman–Crippen MR) is 157 cm³/mol. The number of anilines is 2. The number of methoxy groups -OCH3 is 1. The topological polar surface area (TPSA) is 122 Å². The Labute approximate surface area is 243 Å². The van der Waals surface area contributed by atoms with Crippen molar-refractivity contribution in [3.8, 4) is 0 Å². The van der Waals surface area contributed by atoms with Crippen molar-refractivity contribution < 1.29 is 18.7 Å². The van der Waals surface area contributed by atoms with Crippen LogP contribution in [0.25, 0.3) is 0 Å². The highest BCUT2D eigenvalue weighted by Gasteiger charge is 2.41. The molecule has 2 aliphatic heterocycles. The molecule has 2 fully saturated rings. The summed E-state index contributed by atoms with van der Waals surface area (Å²) >= 11 is 5.89. The minimum atomic E-state index is -0.890. The van der Waals surface area contributed by atoms with E-state index >= 15 is 4.39 Å². The van der Waals surface area contributed by atoms with E-state index in [9.17, 15) is 9.59 Å². The zero-order valence-corrected chi connectivity index (χ0v) is 23.6. The molecule has 3 amide bonds. The van der Waals surface area contributed by atoms with Gasteiger partial charge in [0.05, 0.1) is 22.4 Å². The number of urea groups is 1. The number of benzene rings is 1.